The standard InChI is InChI=1S/C24H22FN3O4S/c1-33(30,31)20-11-9-19(10-12-20)32-14-2-3-23(29)26-18-8-13-21-22(15-18)28-24(27-21)16-4-6-17(25)7-5-16/h4-13,15H,2-3,14H2,1H3,(H,26,29)(H,27,28). The van der Waals surface area contributed by atoms with Gasteiger partial charge in [-0.1, -0.05) is 0 Å². The molecule has 33 heavy (non-hydrogen) atoms. The topological polar surface area (TPSA) is 101 Å². The Balaban J connectivity index is 1.29. The van der Waals surface area contributed by atoms with Gasteiger partial charge >= 0.3 is 0 Å². The van der Waals surface area contributed by atoms with Crippen molar-refractivity contribution in [3.8, 4) is 17.1 Å². The molecule has 4 aromatic rings. The first-order chi connectivity index (χ1) is 15.8. The highest BCUT2D eigenvalue weighted by molar-refractivity contribution is 7.90. The summed E-state index contributed by atoms with van der Waals surface area (Å²) >= 11 is 0. The molecule has 0 radical (unpaired) electrons. The average molecular weight is 468 g/mol. The van der Waals surface area contributed by atoms with Crippen LogP contribution < -0.4 is 10.1 Å². The van der Waals surface area contributed by atoms with Gasteiger partial charge in [-0.05, 0) is 73.2 Å². The molecule has 0 saturated carbocycles. The van der Waals surface area contributed by atoms with Gasteiger partial charge in [0.1, 0.15) is 17.4 Å². The van der Waals surface area contributed by atoms with Crippen molar-refractivity contribution >= 4 is 32.5 Å². The lowest BCUT2D eigenvalue weighted by molar-refractivity contribution is -0.116. The van der Waals surface area contributed by atoms with Gasteiger partial charge in [0.25, 0.3) is 0 Å². The molecule has 7 nitrogen and oxygen atoms in total. The Morgan fingerprint density at radius 1 is 1.06 bits per heavy atom. The largest absolute Gasteiger partial charge is 0.494 e. The number of carbonyl (C=O) groups excluding carboxylic acids is 1. The van der Waals surface area contributed by atoms with Crippen LogP contribution in [0.2, 0.25) is 0 Å². The van der Waals surface area contributed by atoms with Crippen LogP contribution in [0.3, 0.4) is 0 Å². The fourth-order valence-corrected chi connectivity index (χ4v) is 3.89. The van der Waals surface area contributed by atoms with Crippen molar-refractivity contribution in [2.75, 3.05) is 18.2 Å². The number of ether oxygens (including phenoxy) is 1. The summed E-state index contributed by atoms with van der Waals surface area (Å²) in [6, 6.07) is 17.6. The number of amides is 1. The summed E-state index contributed by atoms with van der Waals surface area (Å²) in [5.41, 5.74) is 2.90. The summed E-state index contributed by atoms with van der Waals surface area (Å²) < 4.78 is 41.7. The highest BCUT2D eigenvalue weighted by atomic mass is 32.2. The molecule has 0 aliphatic heterocycles. The van der Waals surface area contributed by atoms with Gasteiger partial charge in [0, 0.05) is 23.9 Å². The van der Waals surface area contributed by atoms with E-state index in [9.17, 15) is 17.6 Å². The number of aromatic amines is 1. The Bertz CT molecular complexity index is 1380. The third kappa shape index (κ3) is 5.75. The molecule has 0 spiro atoms. The van der Waals surface area contributed by atoms with Crippen LogP contribution in [0, 0.1) is 5.82 Å². The number of imidazole rings is 1. The van der Waals surface area contributed by atoms with Crippen LogP contribution in [0.25, 0.3) is 22.4 Å². The second-order valence-corrected chi connectivity index (χ2v) is 9.58. The Kier molecular flexibility index (Phi) is 6.41. The molecule has 0 saturated heterocycles. The number of nitrogens with zero attached hydrogens (tertiary/aromatic N) is 1. The maximum absolute atomic E-state index is 13.1. The number of aromatic nitrogens is 2. The van der Waals surface area contributed by atoms with Gasteiger partial charge in [-0.25, -0.2) is 17.8 Å². The molecular weight excluding hydrogens is 445 g/mol. The summed E-state index contributed by atoms with van der Waals surface area (Å²) in [7, 11) is -3.24. The molecule has 3 aromatic carbocycles. The second-order valence-electron chi connectivity index (χ2n) is 7.57. The highest BCUT2D eigenvalue weighted by Gasteiger charge is 2.09. The predicted molar refractivity (Wildman–Crippen MR) is 124 cm³/mol. The van der Waals surface area contributed by atoms with Gasteiger partial charge in [0.15, 0.2) is 9.84 Å². The van der Waals surface area contributed by atoms with Gasteiger partial charge in [0.2, 0.25) is 5.91 Å². The zero-order valence-corrected chi connectivity index (χ0v) is 18.7. The minimum Gasteiger partial charge on any atom is -0.494 e. The number of carbonyl (C=O) groups is 1. The molecule has 0 atom stereocenters. The zero-order valence-electron chi connectivity index (χ0n) is 17.8. The minimum absolute atomic E-state index is 0.149. The molecule has 1 amide bonds. The predicted octanol–water partition coefficient (Wildman–Crippen LogP) is 4.57. The lowest BCUT2D eigenvalue weighted by atomic mass is 10.2. The number of benzene rings is 3. The van der Waals surface area contributed by atoms with Crippen LogP contribution in [-0.2, 0) is 14.6 Å². The fraction of sp³-hybridized carbons (Fsp3) is 0.167. The molecule has 1 heterocycles. The molecule has 1 aromatic heterocycles. The summed E-state index contributed by atoms with van der Waals surface area (Å²) in [5.74, 6) is 0.707. The van der Waals surface area contributed by atoms with E-state index in [1.165, 1.54) is 24.3 Å². The Labute approximate surface area is 190 Å². The lowest BCUT2D eigenvalue weighted by Gasteiger charge is -2.08. The molecule has 0 aliphatic carbocycles. The van der Waals surface area contributed by atoms with Gasteiger partial charge in [-0.15, -0.1) is 0 Å². The lowest BCUT2D eigenvalue weighted by Crippen LogP contribution is -2.12. The quantitative estimate of drug-likeness (QED) is 0.370. The van der Waals surface area contributed by atoms with Crippen molar-refractivity contribution in [3.63, 3.8) is 0 Å². The molecule has 4 rings (SSSR count). The van der Waals surface area contributed by atoms with E-state index in [0.717, 1.165) is 22.9 Å². The first-order valence-electron chi connectivity index (χ1n) is 10.3. The number of sulfone groups is 1. The van der Waals surface area contributed by atoms with Gasteiger partial charge in [0.05, 0.1) is 22.5 Å². The van der Waals surface area contributed by atoms with Crippen LogP contribution in [0.4, 0.5) is 10.1 Å². The second kappa shape index (κ2) is 9.41. The summed E-state index contributed by atoms with van der Waals surface area (Å²) in [4.78, 5) is 20.2. The maximum Gasteiger partial charge on any atom is 0.224 e. The molecule has 0 fully saturated rings. The summed E-state index contributed by atoms with van der Waals surface area (Å²) in [6.45, 7) is 0.326. The van der Waals surface area contributed by atoms with Crippen molar-refractivity contribution in [2.24, 2.45) is 0 Å². The van der Waals surface area contributed by atoms with Crippen LogP contribution in [-0.4, -0.2) is 37.2 Å². The molecule has 170 valence electrons. The van der Waals surface area contributed by atoms with E-state index in [0.29, 0.717) is 30.3 Å². The van der Waals surface area contributed by atoms with Crippen molar-refractivity contribution in [3.05, 3.63) is 72.5 Å². The van der Waals surface area contributed by atoms with Gasteiger partial charge in [-0.3, -0.25) is 4.79 Å². The van der Waals surface area contributed by atoms with E-state index in [2.05, 4.69) is 15.3 Å². The highest BCUT2D eigenvalue weighted by Crippen LogP contribution is 2.23. The van der Waals surface area contributed by atoms with Crippen molar-refractivity contribution in [2.45, 2.75) is 17.7 Å². The number of anilines is 1. The normalized spacial score (nSPS) is 11.5. The van der Waals surface area contributed by atoms with E-state index >= 15 is 0 Å². The van der Waals surface area contributed by atoms with E-state index < -0.39 is 9.84 Å². The monoisotopic (exact) mass is 467 g/mol. The van der Waals surface area contributed by atoms with Crippen molar-refractivity contribution in [1.82, 2.24) is 9.97 Å². The van der Waals surface area contributed by atoms with E-state index in [1.807, 2.05) is 0 Å². The van der Waals surface area contributed by atoms with Crippen LogP contribution in [0.1, 0.15) is 12.8 Å². The van der Waals surface area contributed by atoms with Crippen molar-refractivity contribution in [1.29, 1.82) is 0 Å². The molecular formula is C24H22FN3O4S. The fourth-order valence-electron chi connectivity index (χ4n) is 3.26. The van der Waals surface area contributed by atoms with Crippen molar-refractivity contribution < 1.29 is 22.3 Å². The Hall–Kier alpha value is -3.72. The number of nitrogens with one attached hydrogen (secondary N) is 2. The summed E-state index contributed by atoms with van der Waals surface area (Å²) in [5, 5.41) is 2.85. The SMILES string of the molecule is CS(=O)(=O)c1ccc(OCCCC(=O)Nc2ccc3nc(-c4ccc(F)cc4)[nH]c3c2)cc1. The Morgan fingerprint density at radius 3 is 2.48 bits per heavy atom. The molecule has 2 N–H and O–H groups in total. The van der Waals surface area contributed by atoms with E-state index in [1.54, 1.807) is 42.5 Å². The molecule has 9 heteroatoms. The van der Waals surface area contributed by atoms with E-state index in [-0.39, 0.29) is 23.0 Å². The van der Waals surface area contributed by atoms with E-state index in [4.69, 9.17) is 4.74 Å². The van der Waals surface area contributed by atoms with Crippen LogP contribution in [0.5, 0.6) is 5.75 Å². The third-order valence-corrected chi connectivity index (χ3v) is 6.08. The first-order valence-corrected chi connectivity index (χ1v) is 12.2. The van der Waals surface area contributed by atoms with Crippen LogP contribution in [0.15, 0.2) is 71.6 Å². The molecule has 0 aliphatic rings. The Morgan fingerprint density at radius 2 is 1.79 bits per heavy atom. The first kappa shape index (κ1) is 22.5. The number of halogens is 1. The number of H-pyrrole nitrogens is 1. The number of fused-ring (bicyclic) bond motifs is 1. The number of rotatable bonds is 8. The van der Waals surface area contributed by atoms with Gasteiger partial charge in [-0.2, -0.15) is 0 Å². The summed E-state index contributed by atoms with van der Waals surface area (Å²) in [6.07, 6.45) is 1.92. The number of hydrogen-bond acceptors (Lipinski definition) is 5. The average Bonchev–Trinajstić information content (AvgIpc) is 3.20. The number of hydrogen-bond donors (Lipinski definition) is 2. The molecule has 0 bridgehead atoms. The third-order valence-electron chi connectivity index (χ3n) is 4.95. The molecule has 0 unspecified atom stereocenters. The maximum atomic E-state index is 13.1. The van der Waals surface area contributed by atoms with Crippen LogP contribution >= 0.6 is 0 Å². The smallest absolute Gasteiger partial charge is 0.224 e. The minimum atomic E-state index is -3.24. The van der Waals surface area contributed by atoms with Gasteiger partial charge < -0.3 is 15.0 Å². The zero-order chi connectivity index (χ0) is 23.4.